The second-order valence-electron chi connectivity index (χ2n) is 13.1. The summed E-state index contributed by atoms with van der Waals surface area (Å²) in [4.78, 5) is 41.8. The summed E-state index contributed by atoms with van der Waals surface area (Å²) in [5.41, 5.74) is 11.7. The minimum absolute atomic E-state index is 0.00636. The first-order valence-electron chi connectivity index (χ1n) is 17.0. The first-order chi connectivity index (χ1) is 23.5. The Morgan fingerprint density at radius 3 is 1.81 bits per heavy atom. The Bertz CT molecular complexity index is 1760. The third-order valence-electron chi connectivity index (χ3n) is 10.3. The monoisotopic (exact) mass is 643 g/mol. The molecule has 0 saturated heterocycles. The van der Waals surface area contributed by atoms with Crippen LogP contribution in [0.2, 0.25) is 0 Å². The molecule has 0 radical (unpaired) electrons. The van der Waals surface area contributed by atoms with Crippen molar-refractivity contribution in [2.24, 2.45) is 17.6 Å². The fourth-order valence-electron chi connectivity index (χ4n) is 7.98. The smallest absolute Gasteiger partial charge is 0.414 e. The van der Waals surface area contributed by atoms with Crippen molar-refractivity contribution in [1.82, 2.24) is 0 Å². The van der Waals surface area contributed by atoms with E-state index >= 15 is 0 Å². The predicted molar refractivity (Wildman–Crippen MR) is 185 cm³/mol. The number of para-hydroxylation sites is 2. The second kappa shape index (κ2) is 14.0. The van der Waals surface area contributed by atoms with Gasteiger partial charge in [0.25, 0.3) is 0 Å². The number of amides is 2. The van der Waals surface area contributed by atoms with Gasteiger partial charge in [-0.05, 0) is 66.5 Å². The summed E-state index contributed by atoms with van der Waals surface area (Å²) in [7, 11) is 0. The van der Waals surface area contributed by atoms with Crippen molar-refractivity contribution < 1.29 is 23.9 Å². The van der Waals surface area contributed by atoms with Gasteiger partial charge in [0, 0.05) is 23.6 Å². The molecule has 4 aliphatic rings. The SMILES string of the molecule is NC1c2ccccc2N(C(=O)OCc2ccccc2)C2CCCC12.O=C1c2ccccc2N(C(=O)OCc2ccccc2)C2CCCC12. The number of nitrogens with zero attached hydrogens (tertiary/aromatic N) is 2. The molecule has 2 N–H and O–H groups in total. The molecule has 0 spiro atoms. The van der Waals surface area contributed by atoms with Crippen LogP contribution < -0.4 is 15.5 Å². The second-order valence-corrected chi connectivity index (χ2v) is 13.1. The van der Waals surface area contributed by atoms with Crippen molar-refractivity contribution in [3.63, 3.8) is 0 Å². The number of rotatable bonds is 4. The summed E-state index contributed by atoms with van der Waals surface area (Å²) in [6.45, 7) is 0.533. The van der Waals surface area contributed by atoms with Crippen molar-refractivity contribution in [3.05, 3.63) is 131 Å². The first-order valence-corrected chi connectivity index (χ1v) is 17.0. The van der Waals surface area contributed by atoms with Crippen LogP contribution in [0.3, 0.4) is 0 Å². The van der Waals surface area contributed by atoms with Crippen LogP contribution in [-0.4, -0.2) is 30.1 Å². The van der Waals surface area contributed by atoms with Crippen LogP contribution in [0.4, 0.5) is 21.0 Å². The molecule has 2 aliphatic carbocycles. The van der Waals surface area contributed by atoms with E-state index in [2.05, 4.69) is 0 Å². The zero-order chi connectivity index (χ0) is 33.0. The molecule has 5 atom stereocenters. The maximum Gasteiger partial charge on any atom is 0.414 e. The number of Topliss-reactive ketones (excluding diaryl/α,β-unsaturated/α-hetero) is 1. The quantitative estimate of drug-likeness (QED) is 0.241. The van der Waals surface area contributed by atoms with Gasteiger partial charge in [0.2, 0.25) is 0 Å². The molecule has 2 saturated carbocycles. The van der Waals surface area contributed by atoms with E-state index < -0.39 is 0 Å². The van der Waals surface area contributed by atoms with Gasteiger partial charge < -0.3 is 15.2 Å². The number of hydrogen-bond acceptors (Lipinski definition) is 6. The lowest BCUT2D eigenvalue weighted by Crippen LogP contribution is -2.49. The third kappa shape index (κ3) is 6.20. The van der Waals surface area contributed by atoms with Crippen molar-refractivity contribution in [1.29, 1.82) is 0 Å². The Hall–Kier alpha value is -4.95. The van der Waals surface area contributed by atoms with Crippen molar-refractivity contribution in [2.75, 3.05) is 9.80 Å². The first kappa shape index (κ1) is 31.6. The van der Waals surface area contributed by atoms with Gasteiger partial charge in [-0.3, -0.25) is 14.6 Å². The number of hydrogen-bond donors (Lipinski definition) is 1. The Morgan fingerprint density at radius 1 is 0.625 bits per heavy atom. The molecule has 4 aromatic carbocycles. The number of nitrogens with two attached hydrogens (primary N) is 1. The number of carbonyl (C=O) groups excluding carboxylic acids is 3. The molecular weight excluding hydrogens is 602 g/mol. The number of ketones is 1. The fourth-order valence-corrected chi connectivity index (χ4v) is 7.98. The molecule has 2 heterocycles. The fraction of sp³-hybridized carbons (Fsp3) is 0.325. The van der Waals surface area contributed by atoms with E-state index in [0.717, 1.165) is 60.9 Å². The molecule has 8 rings (SSSR count). The summed E-state index contributed by atoms with van der Waals surface area (Å²) >= 11 is 0. The maximum absolute atomic E-state index is 12.8. The van der Waals surface area contributed by atoms with Crippen molar-refractivity contribution in [2.45, 2.75) is 69.9 Å². The van der Waals surface area contributed by atoms with Crippen molar-refractivity contribution in [3.8, 4) is 0 Å². The van der Waals surface area contributed by atoms with Gasteiger partial charge in [-0.1, -0.05) is 104 Å². The number of ether oxygens (including phenoxy) is 2. The highest BCUT2D eigenvalue weighted by molar-refractivity contribution is 6.09. The Morgan fingerprint density at radius 2 is 1.15 bits per heavy atom. The molecule has 5 unspecified atom stereocenters. The van der Waals surface area contributed by atoms with E-state index in [4.69, 9.17) is 15.2 Å². The van der Waals surface area contributed by atoms with E-state index in [0.29, 0.717) is 23.8 Å². The van der Waals surface area contributed by atoms with Crippen LogP contribution >= 0.6 is 0 Å². The number of benzene rings is 4. The van der Waals surface area contributed by atoms with Crippen LogP contribution in [0.5, 0.6) is 0 Å². The molecule has 246 valence electrons. The highest BCUT2D eigenvalue weighted by Gasteiger charge is 2.46. The molecule has 2 aliphatic heterocycles. The summed E-state index contributed by atoms with van der Waals surface area (Å²) < 4.78 is 11.2. The molecule has 8 nitrogen and oxygen atoms in total. The minimum Gasteiger partial charge on any atom is -0.444 e. The molecule has 2 amide bonds. The van der Waals surface area contributed by atoms with Gasteiger partial charge in [0.15, 0.2) is 5.78 Å². The lowest BCUT2D eigenvalue weighted by atomic mass is 9.83. The summed E-state index contributed by atoms with van der Waals surface area (Å²) in [6, 6.07) is 34.8. The van der Waals surface area contributed by atoms with E-state index in [1.807, 2.05) is 114 Å². The Balaban J connectivity index is 0.000000152. The normalized spacial score (nSPS) is 23.5. The Labute approximate surface area is 281 Å². The largest absolute Gasteiger partial charge is 0.444 e. The molecule has 48 heavy (non-hydrogen) atoms. The van der Waals surface area contributed by atoms with Gasteiger partial charge >= 0.3 is 12.2 Å². The third-order valence-corrected chi connectivity index (χ3v) is 10.3. The maximum atomic E-state index is 12.8. The molecular formula is C40H41N3O5. The van der Waals surface area contributed by atoms with Crippen LogP contribution in [0, 0.1) is 11.8 Å². The van der Waals surface area contributed by atoms with Crippen molar-refractivity contribution >= 4 is 29.3 Å². The van der Waals surface area contributed by atoms with Crippen LogP contribution in [0.15, 0.2) is 109 Å². The van der Waals surface area contributed by atoms with Gasteiger partial charge in [-0.2, -0.15) is 0 Å². The Kier molecular flexibility index (Phi) is 9.25. The predicted octanol–water partition coefficient (Wildman–Crippen LogP) is 8.21. The molecule has 0 aromatic heterocycles. The molecule has 8 heteroatoms. The van der Waals surface area contributed by atoms with Gasteiger partial charge in [-0.25, -0.2) is 9.59 Å². The van der Waals surface area contributed by atoms with Crippen LogP contribution in [0.1, 0.15) is 71.6 Å². The molecule has 0 bridgehead atoms. The zero-order valence-electron chi connectivity index (χ0n) is 26.9. The average Bonchev–Trinajstić information content (AvgIpc) is 3.83. The number of anilines is 2. The lowest BCUT2D eigenvalue weighted by molar-refractivity contribution is 0.0895. The minimum atomic E-state index is -0.365. The summed E-state index contributed by atoms with van der Waals surface area (Å²) in [6.07, 6.45) is 5.21. The highest BCUT2D eigenvalue weighted by Crippen LogP contribution is 2.47. The van der Waals surface area contributed by atoms with E-state index in [9.17, 15) is 14.4 Å². The van der Waals surface area contributed by atoms with Gasteiger partial charge in [0.05, 0.1) is 17.4 Å². The van der Waals surface area contributed by atoms with E-state index in [1.54, 1.807) is 4.90 Å². The number of fused-ring (bicyclic) bond motifs is 4. The standard InChI is InChI=1S/C20H22N2O2.C20H19NO3/c21-19-15-9-4-5-11-17(15)22(18-12-6-10-16(18)19)20(23)24-13-14-7-2-1-3-8-14;22-19-15-9-4-5-11-17(15)21(18-12-6-10-16(18)19)20(23)24-13-14-7-2-1-3-8-14/h1-5,7-9,11,16,18-19H,6,10,12-13,21H2;1-5,7-9,11,16,18H,6,10,12-13H2. The van der Waals surface area contributed by atoms with Gasteiger partial charge in [0.1, 0.15) is 13.2 Å². The average molecular weight is 644 g/mol. The summed E-state index contributed by atoms with van der Waals surface area (Å²) in [5, 5.41) is 0. The van der Waals surface area contributed by atoms with Crippen LogP contribution in [-0.2, 0) is 22.7 Å². The highest BCUT2D eigenvalue weighted by atomic mass is 16.6. The van der Waals surface area contributed by atoms with E-state index in [-0.39, 0.29) is 48.6 Å². The van der Waals surface area contributed by atoms with E-state index in [1.165, 1.54) is 0 Å². The van der Waals surface area contributed by atoms with Gasteiger partial charge in [-0.15, -0.1) is 0 Å². The molecule has 2 fully saturated rings. The molecule has 4 aromatic rings. The number of carbonyl (C=O) groups is 3. The zero-order valence-corrected chi connectivity index (χ0v) is 26.9. The van der Waals surface area contributed by atoms with Crippen LogP contribution in [0.25, 0.3) is 0 Å². The summed E-state index contributed by atoms with van der Waals surface area (Å²) in [5.74, 6) is 0.397. The topological polar surface area (TPSA) is 102 Å². The lowest BCUT2D eigenvalue weighted by Gasteiger charge is -2.41.